The minimum Gasteiger partial charge on any atom is -0.489 e. The molecule has 0 atom stereocenters. The van der Waals surface area contributed by atoms with Crippen LogP contribution in [0.25, 0.3) is 21.2 Å². The van der Waals surface area contributed by atoms with E-state index in [1.807, 2.05) is 42.3 Å². The van der Waals surface area contributed by atoms with E-state index in [-0.39, 0.29) is 0 Å². The van der Waals surface area contributed by atoms with E-state index in [4.69, 9.17) is 9.47 Å². The fourth-order valence-electron chi connectivity index (χ4n) is 4.89. The van der Waals surface area contributed by atoms with E-state index < -0.39 is 0 Å². The van der Waals surface area contributed by atoms with Crippen LogP contribution in [0.15, 0.2) is 72.4 Å². The Morgan fingerprint density at radius 3 is 2.84 bits per heavy atom. The summed E-state index contributed by atoms with van der Waals surface area (Å²) in [6.45, 7) is 5.74. The Bertz CT molecular complexity index is 1530. The maximum absolute atomic E-state index is 6.40. The molecule has 0 saturated heterocycles. The van der Waals surface area contributed by atoms with E-state index in [1.165, 1.54) is 26.9 Å². The van der Waals surface area contributed by atoms with Gasteiger partial charge in [0.05, 0.1) is 12.8 Å². The molecular formula is C30H30N4O2S. The molecule has 0 fully saturated rings. The van der Waals surface area contributed by atoms with E-state index in [1.54, 1.807) is 11.3 Å². The molecule has 6 rings (SSSR count). The third kappa shape index (κ3) is 4.97. The number of rotatable bonds is 7. The first kappa shape index (κ1) is 23.7. The minimum atomic E-state index is 0.541. The molecule has 0 radical (unpaired) electrons. The largest absolute Gasteiger partial charge is 0.489 e. The molecule has 0 aliphatic carbocycles. The zero-order chi connectivity index (χ0) is 25.2. The molecule has 0 amide bonds. The molecule has 188 valence electrons. The van der Waals surface area contributed by atoms with Gasteiger partial charge in [0.15, 0.2) is 11.5 Å². The molecule has 7 heteroatoms. The van der Waals surface area contributed by atoms with Crippen molar-refractivity contribution in [2.24, 2.45) is 7.05 Å². The highest BCUT2D eigenvalue weighted by atomic mass is 32.1. The molecule has 5 aromatic rings. The van der Waals surface area contributed by atoms with Crippen molar-refractivity contribution in [1.82, 2.24) is 19.7 Å². The number of pyridine rings is 1. The van der Waals surface area contributed by atoms with Crippen LogP contribution in [0.1, 0.15) is 22.5 Å². The van der Waals surface area contributed by atoms with E-state index >= 15 is 0 Å². The number of aryl methyl sites for hydroxylation is 1. The van der Waals surface area contributed by atoms with E-state index in [9.17, 15) is 0 Å². The third-order valence-electron chi connectivity index (χ3n) is 7.04. The number of aromatic nitrogens is 3. The Morgan fingerprint density at radius 2 is 2.00 bits per heavy atom. The Morgan fingerprint density at radius 1 is 1.11 bits per heavy atom. The second kappa shape index (κ2) is 10.4. The minimum absolute atomic E-state index is 0.541. The number of benzene rings is 2. The summed E-state index contributed by atoms with van der Waals surface area (Å²) in [6, 6.07) is 19.0. The van der Waals surface area contributed by atoms with Gasteiger partial charge < -0.3 is 9.47 Å². The quantitative estimate of drug-likeness (QED) is 0.268. The van der Waals surface area contributed by atoms with Crippen LogP contribution in [-0.2, 0) is 26.6 Å². The topological polar surface area (TPSA) is 52.4 Å². The summed E-state index contributed by atoms with van der Waals surface area (Å²) >= 11 is 1.78. The lowest BCUT2D eigenvalue weighted by atomic mass is 10.0. The average Bonchev–Trinajstić information content (AvgIpc) is 3.41. The highest BCUT2D eigenvalue weighted by Gasteiger charge is 2.23. The van der Waals surface area contributed by atoms with Crippen molar-refractivity contribution < 1.29 is 9.47 Å². The molecule has 37 heavy (non-hydrogen) atoms. The zero-order valence-electron chi connectivity index (χ0n) is 21.2. The monoisotopic (exact) mass is 510 g/mol. The SMILES string of the molecule is Cc1c(CN2CCOc3c(cc(-c4csc5ccccc45)cc3OCCc3ccccn3)C2)cnn1C. The van der Waals surface area contributed by atoms with E-state index in [0.717, 1.165) is 54.4 Å². The van der Waals surface area contributed by atoms with Gasteiger partial charge in [-0.2, -0.15) is 5.10 Å². The molecule has 4 heterocycles. The van der Waals surface area contributed by atoms with Crippen LogP contribution in [0.3, 0.4) is 0 Å². The summed E-state index contributed by atoms with van der Waals surface area (Å²) in [5.41, 5.74) is 7.01. The molecule has 1 aliphatic rings. The number of ether oxygens (including phenoxy) is 2. The molecular weight excluding hydrogens is 480 g/mol. The van der Waals surface area contributed by atoms with Gasteiger partial charge in [-0.3, -0.25) is 14.6 Å². The van der Waals surface area contributed by atoms with Gasteiger partial charge in [0.1, 0.15) is 6.61 Å². The zero-order valence-corrected chi connectivity index (χ0v) is 22.0. The van der Waals surface area contributed by atoms with Gasteiger partial charge in [0.2, 0.25) is 0 Å². The fraction of sp³-hybridized carbons (Fsp3) is 0.267. The Kier molecular flexibility index (Phi) is 6.64. The van der Waals surface area contributed by atoms with Gasteiger partial charge in [-0.15, -0.1) is 11.3 Å². The summed E-state index contributed by atoms with van der Waals surface area (Å²) in [4.78, 5) is 6.87. The van der Waals surface area contributed by atoms with Gasteiger partial charge >= 0.3 is 0 Å². The average molecular weight is 511 g/mol. The first-order valence-corrected chi connectivity index (χ1v) is 13.5. The first-order chi connectivity index (χ1) is 18.2. The Labute approximate surface area is 221 Å². The maximum atomic E-state index is 6.40. The summed E-state index contributed by atoms with van der Waals surface area (Å²) in [5.74, 6) is 1.66. The predicted molar refractivity (Wildman–Crippen MR) is 148 cm³/mol. The van der Waals surface area contributed by atoms with E-state index in [2.05, 4.69) is 63.7 Å². The maximum Gasteiger partial charge on any atom is 0.165 e. The van der Waals surface area contributed by atoms with Crippen LogP contribution >= 0.6 is 11.3 Å². The van der Waals surface area contributed by atoms with Crippen LogP contribution in [0.4, 0.5) is 0 Å². The van der Waals surface area contributed by atoms with Gasteiger partial charge in [0.25, 0.3) is 0 Å². The number of hydrogen-bond donors (Lipinski definition) is 0. The summed E-state index contributed by atoms with van der Waals surface area (Å²) in [5, 5.41) is 7.95. The summed E-state index contributed by atoms with van der Waals surface area (Å²) in [6.07, 6.45) is 4.54. The highest BCUT2D eigenvalue weighted by molar-refractivity contribution is 7.17. The van der Waals surface area contributed by atoms with Crippen molar-refractivity contribution in [2.45, 2.75) is 26.4 Å². The highest BCUT2D eigenvalue weighted by Crippen LogP contribution is 2.42. The molecule has 0 unspecified atom stereocenters. The van der Waals surface area contributed by atoms with Gasteiger partial charge in [-0.1, -0.05) is 24.3 Å². The van der Waals surface area contributed by atoms with Crippen LogP contribution in [0, 0.1) is 6.92 Å². The van der Waals surface area contributed by atoms with Crippen LogP contribution in [0.2, 0.25) is 0 Å². The molecule has 6 nitrogen and oxygen atoms in total. The second-order valence-electron chi connectivity index (χ2n) is 9.47. The normalized spacial score (nSPS) is 13.8. The number of nitrogens with zero attached hydrogens (tertiary/aromatic N) is 4. The van der Waals surface area contributed by atoms with Crippen molar-refractivity contribution >= 4 is 21.4 Å². The fourth-order valence-corrected chi connectivity index (χ4v) is 5.86. The number of thiophene rings is 1. The van der Waals surface area contributed by atoms with Crippen LogP contribution in [-0.4, -0.2) is 39.4 Å². The lowest BCUT2D eigenvalue weighted by molar-refractivity contribution is 0.214. The molecule has 2 aromatic carbocycles. The Balaban J connectivity index is 1.34. The molecule has 0 bridgehead atoms. The number of fused-ring (bicyclic) bond motifs is 2. The van der Waals surface area contributed by atoms with Crippen molar-refractivity contribution in [3.05, 3.63) is 94.9 Å². The first-order valence-electron chi connectivity index (χ1n) is 12.6. The number of hydrogen-bond acceptors (Lipinski definition) is 6. The molecule has 0 saturated carbocycles. The molecule has 3 aromatic heterocycles. The van der Waals surface area contributed by atoms with E-state index in [0.29, 0.717) is 13.2 Å². The van der Waals surface area contributed by atoms with Crippen molar-refractivity contribution in [3.63, 3.8) is 0 Å². The van der Waals surface area contributed by atoms with Gasteiger partial charge in [-0.25, -0.2) is 0 Å². The van der Waals surface area contributed by atoms with Gasteiger partial charge in [0, 0.05) is 77.5 Å². The molecule has 0 N–H and O–H groups in total. The third-order valence-corrected chi connectivity index (χ3v) is 8.01. The predicted octanol–water partition coefficient (Wildman–Crippen LogP) is 6.02. The standard InChI is InChI=1S/C30H30N4O2S/c1-21-24(17-32-33(21)2)19-34-12-14-36-30-23(18-34)15-22(27-20-37-29-9-4-3-8-26(27)29)16-28(30)35-13-10-25-7-5-6-11-31-25/h3-9,11,15-17,20H,10,12-14,18-19H2,1-2H3. The molecule has 1 aliphatic heterocycles. The summed E-state index contributed by atoms with van der Waals surface area (Å²) < 4.78 is 16.0. The lowest BCUT2D eigenvalue weighted by Crippen LogP contribution is -2.25. The van der Waals surface area contributed by atoms with Crippen molar-refractivity contribution in [3.8, 4) is 22.6 Å². The second-order valence-corrected chi connectivity index (χ2v) is 10.4. The summed E-state index contributed by atoms with van der Waals surface area (Å²) in [7, 11) is 1.99. The van der Waals surface area contributed by atoms with Crippen LogP contribution < -0.4 is 9.47 Å². The van der Waals surface area contributed by atoms with Crippen molar-refractivity contribution in [1.29, 1.82) is 0 Å². The Hall–Kier alpha value is -3.68. The molecule has 0 spiro atoms. The lowest BCUT2D eigenvalue weighted by Gasteiger charge is -2.20. The van der Waals surface area contributed by atoms with Crippen molar-refractivity contribution in [2.75, 3.05) is 19.8 Å². The smallest absolute Gasteiger partial charge is 0.165 e. The van der Waals surface area contributed by atoms with Gasteiger partial charge in [-0.05, 0) is 48.2 Å². The van der Waals surface area contributed by atoms with Crippen LogP contribution in [0.5, 0.6) is 11.5 Å².